The Balaban J connectivity index is 1.06. The standard InChI is InChI=1S/C22H24F2O12S/c23-22(24,37(29,30)31)20(28)36-14-9-1-8-2-10(14)6-21(4-8,5-9)19(27)32-7-13(25)34-16-12-3-11-15(33-12)17(16)35-18(11)26/h8-12,14-17H,1-7H2,(H,29,30,31). The monoisotopic (exact) mass is 550 g/mol. The van der Waals surface area contributed by atoms with Crippen molar-refractivity contribution in [2.75, 3.05) is 6.61 Å². The lowest BCUT2D eigenvalue weighted by molar-refractivity contribution is -0.204. The van der Waals surface area contributed by atoms with Crippen LogP contribution in [0.25, 0.3) is 0 Å². The summed E-state index contributed by atoms with van der Waals surface area (Å²) in [7, 11) is -5.99. The van der Waals surface area contributed by atoms with Crippen molar-refractivity contribution >= 4 is 34.0 Å². The molecular formula is C22H24F2O12S. The first-order chi connectivity index (χ1) is 17.3. The lowest BCUT2D eigenvalue weighted by atomic mass is 9.48. The molecule has 6 bridgehead atoms. The van der Waals surface area contributed by atoms with Crippen molar-refractivity contribution < 1.29 is 64.6 Å². The molecule has 7 atom stereocenters. The summed E-state index contributed by atoms with van der Waals surface area (Å²) in [5, 5.41) is -5.10. The van der Waals surface area contributed by atoms with E-state index in [4.69, 9.17) is 28.2 Å². The molecule has 3 saturated heterocycles. The minimum Gasteiger partial charge on any atom is -0.456 e. The minimum absolute atomic E-state index is 0.0465. The zero-order valence-electron chi connectivity index (χ0n) is 19.2. The van der Waals surface area contributed by atoms with Crippen molar-refractivity contribution in [1.82, 2.24) is 0 Å². The Hall–Kier alpha value is -2.39. The number of carbonyl (C=O) groups is 4. The van der Waals surface area contributed by atoms with Gasteiger partial charge in [-0.1, -0.05) is 0 Å². The topological polar surface area (TPSA) is 169 Å². The van der Waals surface area contributed by atoms with Gasteiger partial charge in [0, 0.05) is 0 Å². The second kappa shape index (κ2) is 8.06. The summed E-state index contributed by atoms with van der Waals surface area (Å²) in [6.07, 6.45) is -1.21. The minimum atomic E-state index is -5.99. The molecule has 7 unspecified atom stereocenters. The van der Waals surface area contributed by atoms with Gasteiger partial charge in [0.1, 0.15) is 12.2 Å². The van der Waals surface area contributed by atoms with Gasteiger partial charge in [0.15, 0.2) is 18.8 Å². The Labute approximate surface area is 209 Å². The summed E-state index contributed by atoms with van der Waals surface area (Å²) in [6.45, 7) is -0.669. The molecule has 0 radical (unpaired) electrons. The number of ether oxygens (including phenoxy) is 5. The third-order valence-electron chi connectivity index (χ3n) is 8.80. The molecule has 37 heavy (non-hydrogen) atoms. The fraction of sp³-hybridized carbons (Fsp3) is 0.818. The van der Waals surface area contributed by atoms with E-state index in [9.17, 15) is 36.4 Å². The molecular weight excluding hydrogens is 526 g/mol. The van der Waals surface area contributed by atoms with Crippen molar-refractivity contribution in [3.8, 4) is 0 Å². The van der Waals surface area contributed by atoms with E-state index in [1.54, 1.807) is 0 Å². The molecule has 7 fully saturated rings. The van der Waals surface area contributed by atoms with Gasteiger partial charge < -0.3 is 23.7 Å². The summed E-state index contributed by atoms with van der Waals surface area (Å²) >= 11 is 0. The van der Waals surface area contributed by atoms with Crippen LogP contribution in [0.5, 0.6) is 0 Å². The SMILES string of the molecule is O=C(COC(=O)C12CC3CC(C1)C(OC(=O)C(F)(F)S(=O)(=O)O)C(C3)C2)OC1C2CC3C(=O)OC1C3O2. The molecule has 15 heteroatoms. The zero-order chi connectivity index (χ0) is 26.5. The van der Waals surface area contributed by atoms with Crippen molar-refractivity contribution in [1.29, 1.82) is 0 Å². The van der Waals surface area contributed by atoms with E-state index in [1.165, 1.54) is 0 Å². The van der Waals surface area contributed by atoms with Crippen LogP contribution in [0.2, 0.25) is 0 Å². The predicted octanol–water partition coefficient (Wildman–Crippen LogP) is 0.373. The molecule has 7 rings (SSSR count). The van der Waals surface area contributed by atoms with Gasteiger partial charge in [-0.3, -0.25) is 14.1 Å². The fourth-order valence-electron chi connectivity index (χ4n) is 7.56. The molecule has 0 spiro atoms. The average Bonchev–Trinajstić information content (AvgIpc) is 3.44. The van der Waals surface area contributed by atoms with E-state index in [2.05, 4.69) is 0 Å². The van der Waals surface area contributed by atoms with Crippen molar-refractivity contribution in [2.24, 2.45) is 29.1 Å². The molecule has 0 aromatic heterocycles. The Kier molecular flexibility index (Phi) is 5.43. The summed E-state index contributed by atoms with van der Waals surface area (Å²) in [5.41, 5.74) is -0.991. The highest BCUT2D eigenvalue weighted by atomic mass is 32.2. The molecule has 4 aliphatic carbocycles. The Morgan fingerprint density at radius 2 is 1.70 bits per heavy atom. The van der Waals surface area contributed by atoms with E-state index in [-0.39, 0.29) is 30.6 Å². The smallest absolute Gasteiger partial charge is 0.456 e. The van der Waals surface area contributed by atoms with Crippen LogP contribution in [0.3, 0.4) is 0 Å². The number of alkyl halides is 2. The van der Waals surface area contributed by atoms with Gasteiger partial charge >= 0.3 is 39.2 Å². The Bertz CT molecular complexity index is 1150. The summed E-state index contributed by atoms with van der Waals surface area (Å²) in [5.74, 6) is -5.46. The molecule has 204 valence electrons. The number of carbonyl (C=O) groups excluding carboxylic acids is 4. The largest absolute Gasteiger partial charge is 0.465 e. The van der Waals surface area contributed by atoms with Gasteiger partial charge in [0.05, 0.1) is 17.4 Å². The quantitative estimate of drug-likeness (QED) is 0.263. The first-order valence-corrected chi connectivity index (χ1v) is 13.5. The van der Waals surface area contributed by atoms with Gasteiger partial charge in [-0.25, -0.2) is 9.59 Å². The van der Waals surface area contributed by atoms with Gasteiger partial charge in [-0.2, -0.15) is 17.2 Å². The summed E-state index contributed by atoms with van der Waals surface area (Å²) in [4.78, 5) is 49.2. The third-order valence-corrected chi connectivity index (χ3v) is 9.61. The maximum Gasteiger partial charge on any atom is 0.465 e. The highest BCUT2D eigenvalue weighted by Crippen LogP contribution is 2.61. The molecule has 1 N–H and O–H groups in total. The van der Waals surface area contributed by atoms with E-state index in [0.29, 0.717) is 25.7 Å². The lowest BCUT2D eigenvalue weighted by Gasteiger charge is -2.57. The van der Waals surface area contributed by atoms with E-state index in [1.807, 2.05) is 0 Å². The molecule has 3 heterocycles. The first-order valence-electron chi connectivity index (χ1n) is 12.1. The molecule has 0 aromatic carbocycles. The van der Waals surface area contributed by atoms with Crippen LogP contribution in [-0.4, -0.2) is 79.2 Å². The lowest BCUT2D eigenvalue weighted by Crippen LogP contribution is -2.58. The van der Waals surface area contributed by atoms with Crippen LogP contribution in [0, 0.1) is 29.1 Å². The second-order valence-corrected chi connectivity index (χ2v) is 12.5. The fourth-order valence-corrected chi connectivity index (χ4v) is 7.82. The van der Waals surface area contributed by atoms with Gasteiger partial charge in [-0.15, -0.1) is 0 Å². The van der Waals surface area contributed by atoms with Gasteiger partial charge in [0.2, 0.25) is 0 Å². The van der Waals surface area contributed by atoms with Crippen molar-refractivity contribution in [2.45, 2.75) is 74.3 Å². The Morgan fingerprint density at radius 3 is 2.35 bits per heavy atom. The van der Waals surface area contributed by atoms with Crippen LogP contribution in [0.4, 0.5) is 8.78 Å². The van der Waals surface area contributed by atoms with E-state index < -0.39 is 87.7 Å². The van der Waals surface area contributed by atoms with Crippen molar-refractivity contribution in [3.05, 3.63) is 0 Å². The molecule has 3 aliphatic heterocycles. The third kappa shape index (κ3) is 3.75. The normalized spacial score (nSPS) is 43.0. The van der Waals surface area contributed by atoms with E-state index in [0.717, 1.165) is 0 Å². The number of halogens is 2. The van der Waals surface area contributed by atoms with Crippen molar-refractivity contribution in [3.63, 3.8) is 0 Å². The first kappa shape index (κ1) is 24.9. The van der Waals surface area contributed by atoms with E-state index >= 15 is 0 Å². The number of fused-ring (bicyclic) bond motifs is 1. The number of rotatable bonds is 7. The van der Waals surface area contributed by atoms with Crippen LogP contribution in [0.15, 0.2) is 0 Å². The second-order valence-electron chi connectivity index (χ2n) is 11.0. The average molecular weight is 550 g/mol. The maximum absolute atomic E-state index is 13.7. The van der Waals surface area contributed by atoms with Crippen LogP contribution >= 0.6 is 0 Å². The van der Waals surface area contributed by atoms with Crippen LogP contribution in [-0.2, 0) is 53.0 Å². The molecule has 12 nitrogen and oxygen atoms in total. The number of hydrogen-bond acceptors (Lipinski definition) is 11. The molecule has 7 aliphatic rings. The predicted molar refractivity (Wildman–Crippen MR) is 110 cm³/mol. The van der Waals surface area contributed by atoms with Crippen LogP contribution < -0.4 is 0 Å². The number of hydrogen-bond donors (Lipinski definition) is 1. The number of esters is 4. The summed E-state index contributed by atoms with van der Waals surface area (Å²) < 4.78 is 84.3. The molecule has 0 aromatic rings. The summed E-state index contributed by atoms with van der Waals surface area (Å²) in [6, 6.07) is 0. The van der Waals surface area contributed by atoms with Gasteiger partial charge in [0.25, 0.3) is 0 Å². The molecule has 4 saturated carbocycles. The highest BCUT2D eigenvalue weighted by Gasteiger charge is 2.65. The van der Waals surface area contributed by atoms with Crippen LogP contribution in [0.1, 0.15) is 38.5 Å². The highest BCUT2D eigenvalue weighted by molar-refractivity contribution is 7.87. The molecule has 0 amide bonds. The Morgan fingerprint density at radius 1 is 1.03 bits per heavy atom. The maximum atomic E-state index is 13.7. The van der Waals surface area contributed by atoms with Gasteiger partial charge in [-0.05, 0) is 56.3 Å². The zero-order valence-corrected chi connectivity index (χ0v) is 20.1.